The first-order valence-electron chi connectivity index (χ1n) is 6.28. The smallest absolute Gasteiger partial charge is 0.165 e. The standard InChI is InChI=1S/C14H22FNO2/c1-5-18-12-7-6-10(8-11(12)15)14(17)13(16-4)9(2)3/h6-9,13-14,16-17H,5H2,1-4H3. The first-order chi connectivity index (χ1) is 8.51. The second kappa shape index (κ2) is 6.71. The first-order valence-corrected chi connectivity index (χ1v) is 6.28. The third-order valence-electron chi connectivity index (χ3n) is 2.99. The molecule has 0 spiro atoms. The van der Waals surface area contributed by atoms with Crippen molar-refractivity contribution in [3.8, 4) is 5.75 Å². The SMILES string of the molecule is CCOc1ccc(C(O)C(NC)C(C)C)cc1F. The van der Waals surface area contributed by atoms with Crippen molar-refractivity contribution in [3.05, 3.63) is 29.6 Å². The number of aliphatic hydroxyl groups is 1. The van der Waals surface area contributed by atoms with E-state index in [9.17, 15) is 9.50 Å². The highest BCUT2D eigenvalue weighted by atomic mass is 19.1. The summed E-state index contributed by atoms with van der Waals surface area (Å²) in [5.41, 5.74) is 0.559. The molecular weight excluding hydrogens is 233 g/mol. The zero-order chi connectivity index (χ0) is 13.7. The van der Waals surface area contributed by atoms with Gasteiger partial charge in [-0.05, 0) is 37.6 Å². The Labute approximate surface area is 108 Å². The molecule has 1 aromatic rings. The Hall–Kier alpha value is -1.13. The monoisotopic (exact) mass is 255 g/mol. The lowest BCUT2D eigenvalue weighted by Gasteiger charge is -2.26. The van der Waals surface area contributed by atoms with E-state index in [0.29, 0.717) is 12.2 Å². The fraction of sp³-hybridized carbons (Fsp3) is 0.571. The van der Waals surface area contributed by atoms with Crippen molar-refractivity contribution in [1.29, 1.82) is 0 Å². The van der Waals surface area contributed by atoms with E-state index in [-0.39, 0.29) is 17.7 Å². The molecule has 3 nitrogen and oxygen atoms in total. The van der Waals surface area contributed by atoms with Gasteiger partial charge in [0.15, 0.2) is 11.6 Å². The van der Waals surface area contributed by atoms with Crippen molar-refractivity contribution >= 4 is 0 Å². The number of nitrogens with one attached hydrogen (secondary N) is 1. The number of aliphatic hydroxyl groups excluding tert-OH is 1. The summed E-state index contributed by atoms with van der Waals surface area (Å²) < 4.78 is 18.8. The zero-order valence-electron chi connectivity index (χ0n) is 11.4. The van der Waals surface area contributed by atoms with Gasteiger partial charge in [-0.25, -0.2) is 4.39 Å². The van der Waals surface area contributed by atoms with E-state index in [1.54, 1.807) is 26.1 Å². The normalized spacial score (nSPS) is 14.6. The van der Waals surface area contributed by atoms with Gasteiger partial charge in [0.2, 0.25) is 0 Å². The molecule has 0 aliphatic carbocycles. The molecule has 0 aromatic heterocycles. The van der Waals surface area contributed by atoms with Gasteiger partial charge in [-0.1, -0.05) is 19.9 Å². The predicted octanol–water partition coefficient (Wildman–Crippen LogP) is 2.50. The van der Waals surface area contributed by atoms with E-state index in [2.05, 4.69) is 5.32 Å². The van der Waals surface area contributed by atoms with E-state index in [1.165, 1.54) is 6.07 Å². The lowest BCUT2D eigenvalue weighted by Crippen LogP contribution is -2.36. The molecule has 18 heavy (non-hydrogen) atoms. The van der Waals surface area contributed by atoms with E-state index in [1.807, 2.05) is 13.8 Å². The van der Waals surface area contributed by atoms with Crippen molar-refractivity contribution in [3.63, 3.8) is 0 Å². The van der Waals surface area contributed by atoms with Crippen LogP contribution in [-0.2, 0) is 0 Å². The summed E-state index contributed by atoms with van der Waals surface area (Å²) in [4.78, 5) is 0. The highest BCUT2D eigenvalue weighted by Gasteiger charge is 2.23. The van der Waals surface area contributed by atoms with Gasteiger partial charge in [-0.15, -0.1) is 0 Å². The van der Waals surface area contributed by atoms with Crippen LogP contribution in [-0.4, -0.2) is 24.8 Å². The van der Waals surface area contributed by atoms with Gasteiger partial charge in [0.1, 0.15) is 0 Å². The Balaban J connectivity index is 2.92. The van der Waals surface area contributed by atoms with E-state index in [4.69, 9.17) is 4.74 Å². The largest absolute Gasteiger partial charge is 0.491 e. The van der Waals surface area contributed by atoms with Gasteiger partial charge < -0.3 is 15.2 Å². The number of hydrogen-bond acceptors (Lipinski definition) is 3. The minimum absolute atomic E-state index is 0.109. The number of likely N-dealkylation sites (N-methyl/N-ethyl adjacent to an activating group) is 1. The molecule has 1 aromatic carbocycles. The molecule has 0 heterocycles. The van der Waals surface area contributed by atoms with Crippen LogP contribution in [0.2, 0.25) is 0 Å². The minimum Gasteiger partial charge on any atom is -0.491 e. The van der Waals surface area contributed by atoms with E-state index in [0.717, 1.165) is 0 Å². The van der Waals surface area contributed by atoms with E-state index >= 15 is 0 Å². The lowest BCUT2D eigenvalue weighted by molar-refractivity contribution is 0.109. The third kappa shape index (κ3) is 3.43. The van der Waals surface area contributed by atoms with E-state index < -0.39 is 11.9 Å². The summed E-state index contributed by atoms with van der Waals surface area (Å²) in [6.45, 7) is 6.24. The number of hydrogen-bond donors (Lipinski definition) is 2. The molecule has 0 saturated carbocycles. The Morgan fingerprint density at radius 1 is 1.39 bits per heavy atom. The maximum atomic E-state index is 13.7. The van der Waals surface area contributed by atoms with Crippen LogP contribution in [0.5, 0.6) is 5.75 Å². The molecule has 2 atom stereocenters. The van der Waals surface area contributed by atoms with Crippen LogP contribution in [0.4, 0.5) is 4.39 Å². The van der Waals surface area contributed by atoms with Crippen LogP contribution in [0, 0.1) is 11.7 Å². The van der Waals surface area contributed by atoms with Gasteiger partial charge in [0.25, 0.3) is 0 Å². The topological polar surface area (TPSA) is 41.5 Å². The summed E-state index contributed by atoms with van der Waals surface area (Å²) in [6.07, 6.45) is -0.736. The molecule has 0 bridgehead atoms. The second-order valence-corrected chi connectivity index (χ2v) is 4.63. The van der Waals surface area contributed by atoms with Crippen LogP contribution in [0.1, 0.15) is 32.4 Å². The minimum atomic E-state index is -0.736. The summed E-state index contributed by atoms with van der Waals surface area (Å²) in [6, 6.07) is 4.49. The molecule has 0 amide bonds. The van der Waals surface area contributed by atoms with Crippen LogP contribution in [0.3, 0.4) is 0 Å². The highest BCUT2D eigenvalue weighted by molar-refractivity contribution is 5.31. The van der Waals surface area contributed by atoms with Crippen molar-refractivity contribution in [2.45, 2.75) is 32.9 Å². The molecule has 0 aliphatic heterocycles. The first kappa shape index (κ1) is 14.9. The van der Waals surface area contributed by atoms with Crippen molar-refractivity contribution in [2.75, 3.05) is 13.7 Å². The third-order valence-corrected chi connectivity index (χ3v) is 2.99. The Kier molecular flexibility index (Phi) is 5.56. The molecule has 4 heteroatoms. The molecule has 0 fully saturated rings. The maximum absolute atomic E-state index is 13.7. The van der Waals surface area contributed by atoms with Gasteiger partial charge in [0.05, 0.1) is 12.7 Å². The number of halogens is 1. The summed E-state index contributed by atoms with van der Waals surface area (Å²) in [5.74, 6) is 0.0330. The number of ether oxygens (including phenoxy) is 1. The van der Waals surface area contributed by atoms with Gasteiger partial charge in [-0.3, -0.25) is 0 Å². The number of rotatable bonds is 6. The van der Waals surface area contributed by atoms with Crippen LogP contribution in [0.25, 0.3) is 0 Å². The van der Waals surface area contributed by atoms with Crippen LogP contribution < -0.4 is 10.1 Å². The van der Waals surface area contributed by atoms with Gasteiger partial charge in [-0.2, -0.15) is 0 Å². The Morgan fingerprint density at radius 3 is 2.50 bits per heavy atom. The molecule has 0 saturated heterocycles. The fourth-order valence-corrected chi connectivity index (χ4v) is 2.04. The molecule has 102 valence electrons. The Bertz CT molecular complexity index is 382. The summed E-state index contributed by atoms with van der Waals surface area (Å²) in [5, 5.41) is 13.3. The lowest BCUT2D eigenvalue weighted by atomic mass is 9.93. The molecule has 2 unspecified atom stereocenters. The zero-order valence-corrected chi connectivity index (χ0v) is 11.4. The molecular formula is C14H22FNO2. The average Bonchev–Trinajstić information content (AvgIpc) is 2.32. The fourth-order valence-electron chi connectivity index (χ4n) is 2.04. The number of benzene rings is 1. The maximum Gasteiger partial charge on any atom is 0.165 e. The molecule has 0 aliphatic rings. The van der Waals surface area contributed by atoms with Crippen molar-refractivity contribution < 1.29 is 14.2 Å². The summed E-state index contributed by atoms with van der Waals surface area (Å²) >= 11 is 0. The van der Waals surface area contributed by atoms with Crippen molar-refractivity contribution in [2.24, 2.45) is 5.92 Å². The average molecular weight is 255 g/mol. The highest BCUT2D eigenvalue weighted by Crippen LogP contribution is 2.26. The molecule has 2 N–H and O–H groups in total. The van der Waals surface area contributed by atoms with Crippen LogP contribution in [0.15, 0.2) is 18.2 Å². The van der Waals surface area contributed by atoms with Gasteiger partial charge >= 0.3 is 0 Å². The Morgan fingerprint density at radius 2 is 2.06 bits per heavy atom. The second-order valence-electron chi connectivity index (χ2n) is 4.63. The van der Waals surface area contributed by atoms with Crippen LogP contribution >= 0.6 is 0 Å². The van der Waals surface area contributed by atoms with Gasteiger partial charge in [0, 0.05) is 6.04 Å². The molecule has 1 rings (SSSR count). The van der Waals surface area contributed by atoms with Crippen molar-refractivity contribution in [1.82, 2.24) is 5.32 Å². The predicted molar refractivity (Wildman–Crippen MR) is 70.2 cm³/mol. The molecule has 0 radical (unpaired) electrons. The quantitative estimate of drug-likeness (QED) is 0.820. The summed E-state index contributed by atoms with van der Waals surface area (Å²) in [7, 11) is 1.79.